The van der Waals surface area contributed by atoms with Gasteiger partial charge in [-0.15, -0.1) is 0 Å². The van der Waals surface area contributed by atoms with Crippen molar-refractivity contribution in [2.24, 2.45) is 17.9 Å². The summed E-state index contributed by atoms with van der Waals surface area (Å²) in [6, 6.07) is 16.6. The highest BCUT2D eigenvalue weighted by atomic mass is 32.1. The van der Waals surface area contributed by atoms with E-state index in [1.807, 2.05) is 36.4 Å². The van der Waals surface area contributed by atoms with Crippen LogP contribution in [0.5, 0.6) is 5.75 Å². The summed E-state index contributed by atoms with van der Waals surface area (Å²) in [6.07, 6.45) is 3.17. The Morgan fingerprint density at radius 2 is 1.90 bits per heavy atom. The third-order valence-electron chi connectivity index (χ3n) is 4.65. The van der Waals surface area contributed by atoms with Crippen LogP contribution in [-0.2, 0) is 7.05 Å². The zero-order valence-corrected chi connectivity index (χ0v) is 16.8. The average molecular weight is 418 g/mol. The number of benzene rings is 2. The lowest BCUT2D eigenvalue weighted by molar-refractivity contribution is 0.481. The minimum absolute atomic E-state index is 0.00715. The molecule has 150 valence electrons. The number of pyridine rings is 1. The number of nitrogens with zero attached hydrogens (tertiary/aromatic N) is 4. The fraction of sp³-hybridized carbons (Fsp3) is 0.0476. The number of para-hydroxylation sites is 2. The van der Waals surface area contributed by atoms with Gasteiger partial charge in [0.05, 0.1) is 17.4 Å². The monoisotopic (exact) mass is 418 g/mol. The predicted octanol–water partition coefficient (Wildman–Crippen LogP) is 2.26. The molecule has 30 heavy (non-hydrogen) atoms. The third-order valence-corrected chi connectivity index (χ3v) is 4.75. The molecule has 8 nitrogen and oxygen atoms in total. The van der Waals surface area contributed by atoms with Crippen molar-refractivity contribution in [3.63, 3.8) is 0 Å². The Hall–Kier alpha value is -3.98. The topological polar surface area (TPSA) is 110 Å². The molecule has 0 radical (unpaired) electrons. The Morgan fingerprint density at radius 3 is 2.63 bits per heavy atom. The number of aromatic nitrogens is 3. The van der Waals surface area contributed by atoms with Crippen LogP contribution in [0.2, 0.25) is 0 Å². The van der Waals surface area contributed by atoms with Gasteiger partial charge in [0.1, 0.15) is 17.0 Å². The molecule has 4 N–H and O–H groups in total. The molecule has 9 heteroatoms. The number of hydrazone groups is 1. The lowest BCUT2D eigenvalue weighted by Crippen LogP contribution is -2.24. The average Bonchev–Trinajstić information content (AvgIpc) is 3.16. The molecule has 0 spiro atoms. The minimum atomic E-state index is -0.374. The highest BCUT2D eigenvalue weighted by molar-refractivity contribution is 7.80. The lowest BCUT2D eigenvalue weighted by atomic mass is 10.1. The normalized spacial score (nSPS) is 11.2. The maximum absolute atomic E-state index is 13.1. The second-order valence-corrected chi connectivity index (χ2v) is 6.99. The van der Waals surface area contributed by atoms with Crippen molar-refractivity contribution in [2.75, 3.05) is 0 Å². The van der Waals surface area contributed by atoms with Crippen LogP contribution in [0.4, 0.5) is 0 Å². The number of nitrogens with two attached hydrogens (primary N) is 1. The molecule has 2 aromatic heterocycles. The number of fused-ring (bicyclic) bond motifs is 1. The Morgan fingerprint density at radius 1 is 1.20 bits per heavy atom. The van der Waals surface area contributed by atoms with E-state index in [1.54, 1.807) is 36.1 Å². The molecule has 4 rings (SSSR count). The van der Waals surface area contributed by atoms with E-state index in [2.05, 4.69) is 15.6 Å². The van der Waals surface area contributed by atoms with Gasteiger partial charge >= 0.3 is 0 Å². The van der Waals surface area contributed by atoms with Crippen molar-refractivity contribution in [1.82, 2.24) is 19.8 Å². The van der Waals surface area contributed by atoms with Gasteiger partial charge in [0, 0.05) is 24.2 Å². The summed E-state index contributed by atoms with van der Waals surface area (Å²) in [7, 11) is 1.66. The molecule has 0 saturated heterocycles. The molecule has 0 aliphatic carbocycles. The van der Waals surface area contributed by atoms with Gasteiger partial charge in [-0.3, -0.25) is 10.2 Å². The van der Waals surface area contributed by atoms with E-state index < -0.39 is 0 Å². The number of aryl methyl sites for hydroxylation is 1. The largest absolute Gasteiger partial charge is 0.506 e. The summed E-state index contributed by atoms with van der Waals surface area (Å²) in [4.78, 5) is 13.1. The van der Waals surface area contributed by atoms with E-state index >= 15 is 0 Å². The zero-order valence-electron chi connectivity index (χ0n) is 16.0. The number of rotatable bonds is 4. The van der Waals surface area contributed by atoms with E-state index in [0.29, 0.717) is 16.5 Å². The number of hydrogen-bond donors (Lipinski definition) is 3. The highest BCUT2D eigenvalue weighted by Crippen LogP contribution is 2.33. The highest BCUT2D eigenvalue weighted by Gasteiger charge is 2.22. The van der Waals surface area contributed by atoms with Crippen LogP contribution in [0.15, 0.2) is 70.7 Å². The third kappa shape index (κ3) is 3.42. The minimum Gasteiger partial charge on any atom is -0.506 e. The van der Waals surface area contributed by atoms with Crippen LogP contribution in [0, 0.1) is 0 Å². The molecule has 0 fully saturated rings. The van der Waals surface area contributed by atoms with Crippen molar-refractivity contribution in [1.29, 1.82) is 0 Å². The zero-order chi connectivity index (χ0) is 21.3. The fourth-order valence-electron chi connectivity index (χ4n) is 3.25. The summed E-state index contributed by atoms with van der Waals surface area (Å²) in [5.74, 6) is -0.135. The quantitative estimate of drug-likeness (QED) is 0.266. The van der Waals surface area contributed by atoms with Crippen LogP contribution < -0.4 is 16.7 Å². The Kier molecular flexibility index (Phi) is 5.03. The maximum atomic E-state index is 13.1. The van der Waals surface area contributed by atoms with Gasteiger partial charge in [-0.2, -0.15) is 10.2 Å². The van der Waals surface area contributed by atoms with Crippen LogP contribution in [-0.4, -0.2) is 30.8 Å². The fourth-order valence-corrected chi connectivity index (χ4v) is 3.30. The van der Waals surface area contributed by atoms with E-state index in [9.17, 15) is 9.90 Å². The van der Waals surface area contributed by atoms with Gasteiger partial charge in [-0.1, -0.05) is 30.3 Å². The first-order chi connectivity index (χ1) is 14.5. The maximum Gasteiger partial charge on any atom is 0.264 e. The van der Waals surface area contributed by atoms with E-state index in [0.717, 1.165) is 5.69 Å². The summed E-state index contributed by atoms with van der Waals surface area (Å²) in [6.45, 7) is 0. The molecule has 0 unspecified atom stereocenters. The van der Waals surface area contributed by atoms with Crippen molar-refractivity contribution >= 4 is 34.4 Å². The molecular formula is C21H18N6O2S. The van der Waals surface area contributed by atoms with Crippen LogP contribution in [0.1, 0.15) is 5.56 Å². The van der Waals surface area contributed by atoms with Crippen molar-refractivity contribution in [2.45, 2.75) is 0 Å². The first-order valence-electron chi connectivity index (χ1n) is 9.02. The Labute approximate surface area is 176 Å². The summed E-state index contributed by atoms with van der Waals surface area (Å²) in [5, 5.41) is 20.1. The molecule has 0 atom stereocenters. The Balaban J connectivity index is 1.98. The first-order valence-corrected chi connectivity index (χ1v) is 9.43. The van der Waals surface area contributed by atoms with E-state index in [1.165, 1.54) is 10.8 Å². The second kappa shape index (κ2) is 7.80. The molecular weight excluding hydrogens is 400 g/mol. The second-order valence-electron chi connectivity index (χ2n) is 6.55. The van der Waals surface area contributed by atoms with Gasteiger partial charge in [-0.25, -0.2) is 4.68 Å². The van der Waals surface area contributed by atoms with Gasteiger partial charge in [0.25, 0.3) is 5.56 Å². The number of nitrogens with one attached hydrogen (secondary N) is 1. The number of aromatic hydroxyl groups is 1. The Bertz CT molecular complexity index is 1340. The van der Waals surface area contributed by atoms with Gasteiger partial charge in [-0.05, 0) is 36.5 Å². The van der Waals surface area contributed by atoms with Crippen molar-refractivity contribution in [3.05, 3.63) is 76.7 Å². The summed E-state index contributed by atoms with van der Waals surface area (Å²) < 4.78 is 3.10. The molecule has 0 aliphatic rings. The SMILES string of the molecule is Cn1c(=O)c(-c2nn(-c3ccccc3)cc2/C=N/NC(N)=S)c(O)c2ccccc21. The molecule has 0 bridgehead atoms. The molecule has 0 saturated carbocycles. The smallest absolute Gasteiger partial charge is 0.264 e. The standard InChI is InChI=1S/C21H18N6O2S/c1-26-16-10-6-5-9-15(16)19(28)17(20(26)29)18-13(11-23-24-21(22)30)12-27(25-18)14-7-3-2-4-8-14/h2-12,28H,1H3,(H3,22,24,30)/b23-11+. The van der Waals surface area contributed by atoms with Crippen molar-refractivity contribution < 1.29 is 5.11 Å². The summed E-state index contributed by atoms with van der Waals surface area (Å²) in [5.41, 5.74) is 9.83. The summed E-state index contributed by atoms with van der Waals surface area (Å²) >= 11 is 4.77. The van der Waals surface area contributed by atoms with Crippen molar-refractivity contribution in [3.8, 4) is 22.7 Å². The van der Waals surface area contributed by atoms with E-state index in [-0.39, 0.29) is 27.7 Å². The number of thiocarbonyl (C=S) groups is 1. The predicted molar refractivity (Wildman–Crippen MR) is 121 cm³/mol. The lowest BCUT2D eigenvalue weighted by Gasteiger charge is -2.11. The van der Waals surface area contributed by atoms with Gasteiger partial charge in [0.15, 0.2) is 5.11 Å². The molecule has 2 heterocycles. The molecule has 0 amide bonds. The molecule has 0 aliphatic heterocycles. The van der Waals surface area contributed by atoms with Gasteiger partial charge < -0.3 is 15.4 Å². The molecule has 2 aromatic carbocycles. The van der Waals surface area contributed by atoms with Crippen LogP contribution in [0.3, 0.4) is 0 Å². The van der Waals surface area contributed by atoms with Gasteiger partial charge in [0.2, 0.25) is 0 Å². The first kappa shape index (κ1) is 19.3. The van der Waals surface area contributed by atoms with E-state index in [4.69, 9.17) is 18.0 Å². The molecule has 4 aromatic rings. The van der Waals surface area contributed by atoms with Crippen LogP contribution >= 0.6 is 12.2 Å². The number of hydrogen-bond acceptors (Lipinski definition) is 5. The van der Waals surface area contributed by atoms with Crippen LogP contribution in [0.25, 0.3) is 27.8 Å².